The van der Waals surface area contributed by atoms with Crippen LogP contribution in [0.15, 0.2) is 11.5 Å². The van der Waals surface area contributed by atoms with Crippen LogP contribution in [-0.2, 0) is 18.6 Å². The van der Waals surface area contributed by atoms with Crippen LogP contribution in [0.5, 0.6) is 0 Å². The lowest BCUT2D eigenvalue weighted by molar-refractivity contribution is -0.0512. The molecule has 0 saturated carbocycles. The van der Waals surface area contributed by atoms with E-state index >= 15 is 0 Å². The Balaban J connectivity index is 3.94. The van der Waals surface area contributed by atoms with E-state index in [1.54, 1.807) is 7.11 Å². The minimum atomic E-state index is -1.61. The highest BCUT2D eigenvalue weighted by atomic mass is 28.4. The Bertz CT molecular complexity index is 217. The molecule has 96 valence electrons. The van der Waals surface area contributed by atoms with Gasteiger partial charge >= 0.3 is 0 Å². The molecule has 0 aromatic heterocycles. The highest BCUT2D eigenvalue weighted by Crippen LogP contribution is 2.14. The van der Waals surface area contributed by atoms with Gasteiger partial charge in [-0.15, -0.1) is 0 Å². The monoisotopic (exact) mass is 248 g/mol. The van der Waals surface area contributed by atoms with Crippen LogP contribution in [-0.4, -0.2) is 35.4 Å². The summed E-state index contributed by atoms with van der Waals surface area (Å²) >= 11 is 0. The second kappa shape index (κ2) is 7.70. The molecule has 0 N–H and O–H groups in total. The van der Waals surface area contributed by atoms with Gasteiger partial charge in [-0.05, 0) is 33.5 Å². The summed E-state index contributed by atoms with van der Waals surface area (Å²) in [7, 11) is -0.0129. The third-order valence-electron chi connectivity index (χ3n) is 1.47. The SMILES string of the molecule is COCOCCOC(O[Si](C)(C)C)=C(C)C. The summed E-state index contributed by atoms with van der Waals surface area (Å²) in [6.07, 6.45) is 0. The number of hydrogen-bond donors (Lipinski definition) is 0. The van der Waals surface area contributed by atoms with Gasteiger partial charge in [-0.25, -0.2) is 0 Å². The summed E-state index contributed by atoms with van der Waals surface area (Å²) in [4.78, 5) is 0. The van der Waals surface area contributed by atoms with E-state index in [-0.39, 0.29) is 0 Å². The first-order chi connectivity index (χ1) is 7.37. The van der Waals surface area contributed by atoms with Gasteiger partial charge in [0.05, 0.1) is 6.61 Å². The van der Waals surface area contributed by atoms with E-state index in [0.717, 1.165) is 5.57 Å². The van der Waals surface area contributed by atoms with Crippen molar-refractivity contribution < 1.29 is 18.6 Å². The second-order valence-corrected chi connectivity index (χ2v) is 9.09. The second-order valence-electron chi connectivity index (χ2n) is 4.67. The molecule has 0 bridgehead atoms. The van der Waals surface area contributed by atoms with Crippen molar-refractivity contribution in [1.82, 2.24) is 0 Å². The Morgan fingerprint density at radius 2 is 1.69 bits per heavy atom. The average Bonchev–Trinajstić information content (AvgIpc) is 2.13. The predicted octanol–water partition coefficient (Wildman–Crippen LogP) is 2.73. The molecule has 4 nitrogen and oxygen atoms in total. The molecule has 0 aliphatic rings. The van der Waals surface area contributed by atoms with Gasteiger partial charge in [0.15, 0.2) is 0 Å². The fraction of sp³-hybridized carbons (Fsp3) is 0.818. The van der Waals surface area contributed by atoms with E-state index in [1.165, 1.54) is 0 Å². The molecule has 0 aromatic rings. The Kier molecular flexibility index (Phi) is 7.45. The van der Waals surface area contributed by atoms with E-state index in [9.17, 15) is 0 Å². The first-order valence-electron chi connectivity index (χ1n) is 5.43. The van der Waals surface area contributed by atoms with Gasteiger partial charge in [-0.1, -0.05) is 0 Å². The lowest BCUT2D eigenvalue weighted by atomic mass is 10.4. The number of ether oxygens (including phenoxy) is 3. The van der Waals surface area contributed by atoms with Crippen LogP contribution in [0.2, 0.25) is 19.6 Å². The van der Waals surface area contributed by atoms with Gasteiger partial charge in [0.1, 0.15) is 13.4 Å². The third kappa shape index (κ3) is 8.76. The van der Waals surface area contributed by atoms with Crippen molar-refractivity contribution in [3.63, 3.8) is 0 Å². The van der Waals surface area contributed by atoms with Crippen molar-refractivity contribution >= 4 is 8.32 Å². The lowest BCUT2D eigenvalue weighted by Gasteiger charge is -2.22. The van der Waals surface area contributed by atoms with Crippen LogP contribution in [0.4, 0.5) is 0 Å². The van der Waals surface area contributed by atoms with Crippen molar-refractivity contribution in [3.8, 4) is 0 Å². The Labute approximate surface area is 99.7 Å². The van der Waals surface area contributed by atoms with Crippen molar-refractivity contribution in [2.75, 3.05) is 27.1 Å². The van der Waals surface area contributed by atoms with Crippen molar-refractivity contribution in [2.24, 2.45) is 0 Å². The maximum absolute atomic E-state index is 5.82. The molecular weight excluding hydrogens is 224 g/mol. The van der Waals surface area contributed by atoms with Gasteiger partial charge in [0.2, 0.25) is 8.32 Å². The quantitative estimate of drug-likeness (QED) is 0.286. The fourth-order valence-corrected chi connectivity index (χ4v) is 1.71. The zero-order valence-electron chi connectivity index (χ0n) is 11.3. The van der Waals surface area contributed by atoms with Crippen LogP contribution in [0.1, 0.15) is 13.8 Å². The molecule has 0 aromatic carbocycles. The summed E-state index contributed by atoms with van der Waals surface area (Å²) in [5, 5.41) is 0. The molecule has 0 heterocycles. The van der Waals surface area contributed by atoms with Crippen LogP contribution in [0, 0.1) is 0 Å². The Morgan fingerprint density at radius 1 is 1.06 bits per heavy atom. The van der Waals surface area contributed by atoms with E-state index in [0.29, 0.717) is 26.0 Å². The van der Waals surface area contributed by atoms with Gasteiger partial charge in [-0.3, -0.25) is 0 Å². The van der Waals surface area contributed by atoms with Gasteiger partial charge in [0.25, 0.3) is 5.95 Å². The maximum Gasteiger partial charge on any atom is 0.263 e. The number of hydrogen-bond acceptors (Lipinski definition) is 4. The molecule has 0 amide bonds. The lowest BCUT2D eigenvalue weighted by Crippen LogP contribution is -2.26. The zero-order valence-corrected chi connectivity index (χ0v) is 12.3. The third-order valence-corrected chi connectivity index (χ3v) is 2.27. The average molecular weight is 248 g/mol. The summed E-state index contributed by atoms with van der Waals surface area (Å²) in [5.41, 5.74) is 1.05. The van der Waals surface area contributed by atoms with E-state index < -0.39 is 8.32 Å². The molecular formula is C11H24O4Si. The van der Waals surface area contributed by atoms with Crippen LogP contribution >= 0.6 is 0 Å². The van der Waals surface area contributed by atoms with E-state index in [4.69, 9.17) is 18.6 Å². The molecule has 16 heavy (non-hydrogen) atoms. The number of methoxy groups -OCH3 is 1. The largest absolute Gasteiger partial charge is 0.520 e. The van der Waals surface area contributed by atoms with Crippen LogP contribution < -0.4 is 0 Å². The van der Waals surface area contributed by atoms with Crippen molar-refractivity contribution in [3.05, 3.63) is 11.5 Å². The van der Waals surface area contributed by atoms with Gasteiger partial charge in [-0.2, -0.15) is 0 Å². The standard InChI is InChI=1S/C11H24O4Si/c1-10(2)11(15-16(4,5)6)14-8-7-13-9-12-3/h7-9H2,1-6H3. The molecule has 0 saturated heterocycles. The zero-order chi connectivity index (χ0) is 12.6. The fourth-order valence-electron chi connectivity index (χ4n) is 0.890. The molecule has 5 heteroatoms. The van der Waals surface area contributed by atoms with Gasteiger partial charge < -0.3 is 18.6 Å². The van der Waals surface area contributed by atoms with Crippen LogP contribution in [0.3, 0.4) is 0 Å². The van der Waals surface area contributed by atoms with Gasteiger partial charge in [0, 0.05) is 12.7 Å². The topological polar surface area (TPSA) is 36.9 Å². The molecule has 0 radical (unpaired) electrons. The minimum Gasteiger partial charge on any atom is -0.520 e. The first kappa shape index (κ1) is 15.5. The summed E-state index contributed by atoms with van der Waals surface area (Å²) in [5.74, 6) is 0.639. The van der Waals surface area contributed by atoms with Crippen LogP contribution in [0.25, 0.3) is 0 Å². The molecule has 0 aliphatic carbocycles. The predicted molar refractivity (Wildman–Crippen MR) is 66.6 cm³/mol. The highest BCUT2D eigenvalue weighted by molar-refractivity contribution is 6.70. The molecule has 0 rings (SSSR count). The molecule has 0 unspecified atom stereocenters. The Hall–Kier alpha value is -0.523. The first-order valence-corrected chi connectivity index (χ1v) is 8.83. The smallest absolute Gasteiger partial charge is 0.263 e. The molecule has 0 fully saturated rings. The van der Waals surface area contributed by atoms with E-state index in [2.05, 4.69) is 19.6 Å². The highest BCUT2D eigenvalue weighted by Gasteiger charge is 2.19. The molecule has 0 spiro atoms. The number of rotatable bonds is 8. The maximum atomic E-state index is 5.82. The van der Waals surface area contributed by atoms with Crippen molar-refractivity contribution in [2.45, 2.75) is 33.5 Å². The summed E-state index contributed by atoms with van der Waals surface area (Å²) < 4.78 is 21.2. The summed E-state index contributed by atoms with van der Waals surface area (Å²) in [6.45, 7) is 11.6. The molecule has 0 aliphatic heterocycles. The number of allylic oxidation sites excluding steroid dienone is 1. The Morgan fingerprint density at radius 3 is 2.12 bits per heavy atom. The normalized spacial score (nSPS) is 11.1. The van der Waals surface area contributed by atoms with E-state index in [1.807, 2.05) is 13.8 Å². The molecule has 0 atom stereocenters. The van der Waals surface area contributed by atoms with Crippen molar-refractivity contribution in [1.29, 1.82) is 0 Å². The minimum absolute atomic E-state index is 0.294. The summed E-state index contributed by atoms with van der Waals surface area (Å²) in [6, 6.07) is 0.